The maximum absolute atomic E-state index is 7.25. The minimum atomic E-state index is -1.95. The van der Waals surface area contributed by atoms with E-state index in [2.05, 4.69) is 139 Å². The Bertz CT molecular complexity index is 1130. The zero-order valence-electron chi connectivity index (χ0n) is 27.8. The predicted molar refractivity (Wildman–Crippen MR) is 176 cm³/mol. The van der Waals surface area contributed by atoms with Crippen LogP contribution in [0.2, 0.25) is 33.2 Å². The van der Waals surface area contributed by atoms with E-state index >= 15 is 0 Å². The van der Waals surface area contributed by atoms with Crippen LogP contribution in [0.1, 0.15) is 83.1 Å². The summed E-state index contributed by atoms with van der Waals surface area (Å²) in [6.45, 7) is 29.7. The molecule has 0 aromatic carbocycles. The second-order valence-electron chi connectivity index (χ2n) is 15.2. The van der Waals surface area contributed by atoms with Crippen LogP contribution in [0.3, 0.4) is 0 Å². The third kappa shape index (κ3) is 3.39. The maximum atomic E-state index is 7.25. The van der Waals surface area contributed by atoms with Crippen molar-refractivity contribution in [2.24, 2.45) is 0 Å². The number of rotatable bonds is 9. The van der Waals surface area contributed by atoms with Crippen LogP contribution in [0.5, 0.6) is 0 Å². The zero-order chi connectivity index (χ0) is 29.7. The first-order valence-corrected chi connectivity index (χ1v) is 20.4. The summed E-state index contributed by atoms with van der Waals surface area (Å²) in [5.74, 6) is 0. The summed E-state index contributed by atoms with van der Waals surface area (Å²) in [5, 5.41) is 3.21. The molecule has 0 spiro atoms. The third-order valence-corrected chi connectivity index (χ3v) is 25.8. The lowest BCUT2D eigenvalue weighted by atomic mass is 9.83. The molecular formula is C35H55NO2Si2. The minimum absolute atomic E-state index is 0.388. The standard InChI is InChI=1S/C35H55NO2Si2/c1-21(2)39(22(3)4,23(5)6)29-17-15-27-19-35-32-28(20-34(35,31(27)29)37-33(38-35)36(13)14)16-18-30(32)40(24(7)8,25(9)10)26(11)12/h15-26,33H,1-14H3/t34-,35-/m0/s1. The fraction of sp³-hybridized carbons (Fsp3) is 0.657. The van der Waals surface area contributed by atoms with Gasteiger partial charge in [-0.05, 0) is 81.8 Å². The van der Waals surface area contributed by atoms with Crippen molar-refractivity contribution in [1.29, 1.82) is 0 Å². The molecule has 0 N–H and O–H groups in total. The average molecular weight is 578 g/mol. The molecular weight excluding hydrogens is 523 g/mol. The van der Waals surface area contributed by atoms with E-state index in [9.17, 15) is 0 Å². The Hall–Kier alpha value is -1.25. The molecule has 0 saturated carbocycles. The second kappa shape index (κ2) is 9.64. The second-order valence-corrected chi connectivity index (χ2v) is 27.0. The summed E-state index contributed by atoms with van der Waals surface area (Å²) in [6, 6.07) is 0. The highest BCUT2D eigenvalue weighted by Gasteiger charge is 2.73. The van der Waals surface area contributed by atoms with Gasteiger partial charge in [0.15, 0.2) is 11.2 Å². The summed E-state index contributed by atoms with van der Waals surface area (Å²) < 4.78 is 14.5. The monoisotopic (exact) mass is 577 g/mol. The topological polar surface area (TPSA) is 21.7 Å². The first kappa shape index (κ1) is 30.2. The van der Waals surface area contributed by atoms with Crippen LogP contribution in [0, 0.1) is 0 Å². The van der Waals surface area contributed by atoms with Crippen molar-refractivity contribution in [1.82, 2.24) is 4.90 Å². The molecule has 1 fully saturated rings. The molecule has 0 bridgehead atoms. The molecule has 0 aromatic heterocycles. The van der Waals surface area contributed by atoms with Gasteiger partial charge >= 0.3 is 0 Å². The van der Waals surface area contributed by atoms with E-state index < -0.39 is 27.3 Å². The lowest BCUT2D eigenvalue weighted by Crippen LogP contribution is -2.52. The lowest BCUT2D eigenvalue weighted by Gasteiger charge is -2.47. The lowest BCUT2D eigenvalue weighted by molar-refractivity contribution is -0.160. The molecule has 5 heteroatoms. The molecule has 40 heavy (non-hydrogen) atoms. The molecule has 0 radical (unpaired) electrons. The molecule has 2 atom stereocenters. The highest BCUT2D eigenvalue weighted by Crippen LogP contribution is 2.68. The van der Waals surface area contributed by atoms with E-state index in [0.29, 0.717) is 33.2 Å². The predicted octanol–water partition coefficient (Wildman–Crippen LogP) is 9.40. The molecule has 5 rings (SSSR count). The average Bonchev–Trinajstić information content (AvgIpc) is 3.55. The first-order chi connectivity index (χ1) is 18.6. The Morgan fingerprint density at radius 1 is 0.550 bits per heavy atom. The van der Waals surface area contributed by atoms with Gasteiger partial charge < -0.3 is 9.47 Å². The van der Waals surface area contributed by atoms with E-state index in [1.165, 1.54) is 22.3 Å². The van der Waals surface area contributed by atoms with Gasteiger partial charge in [-0.3, -0.25) is 4.90 Å². The first-order valence-electron chi connectivity index (χ1n) is 15.9. The van der Waals surface area contributed by atoms with Crippen molar-refractivity contribution in [3.63, 3.8) is 0 Å². The van der Waals surface area contributed by atoms with E-state index in [1.807, 2.05) is 0 Å². The van der Waals surface area contributed by atoms with E-state index in [4.69, 9.17) is 9.47 Å². The number of fused-ring (bicyclic) bond motifs is 2. The SMILES string of the molecule is CC(C)[Si](C1=C2C(=C[C@@]34OC(N(C)C)O[C@@]23C=C2C=CC([Si](C(C)C)(C(C)C)C(C)C)=C24)C=C1)(C(C)C)C(C)C. The van der Waals surface area contributed by atoms with Gasteiger partial charge in [0.1, 0.15) is 0 Å². The van der Waals surface area contributed by atoms with Crippen molar-refractivity contribution in [2.75, 3.05) is 14.1 Å². The van der Waals surface area contributed by atoms with Crippen molar-refractivity contribution in [3.05, 3.63) is 69.1 Å². The Balaban J connectivity index is 1.87. The quantitative estimate of drug-likeness (QED) is 0.255. The highest BCUT2D eigenvalue weighted by atomic mass is 28.3. The number of hydrogen-bond donors (Lipinski definition) is 0. The molecule has 0 amide bonds. The highest BCUT2D eigenvalue weighted by molar-refractivity contribution is 6.91. The van der Waals surface area contributed by atoms with Crippen LogP contribution < -0.4 is 0 Å². The summed E-state index contributed by atoms with van der Waals surface area (Å²) in [5.41, 5.74) is 8.07. The molecule has 0 aromatic rings. The minimum Gasteiger partial charge on any atom is -0.320 e. The summed E-state index contributed by atoms with van der Waals surface area (Å²) in [7, 11) is 0.259. The van der Waals surface area contributed by atoms with Crippen LogP contribution >= 0.6 is 0 Å². The van der Waals surface area contributed by atoms with Crippen LogP contribution in [-0.2, 0) is 9.47 Å². The summed E-state index contributed by atoms with van der Waals surface area (Å²) in [6.07, 6.45) is 14.4. The van der Waals surface area contributed by atoms with Gasteiger partial charge in [0.2, 0.25) is 6.41 Å². The Morgan fingerprint density at radius 3 is 1.10 bits per heavy atom. The number of allylic oxidation sites excluding steroid dienone is 6. The summed E-state index contributed by atoms with van der Waals surface area (Å²) >= 11 is 0. The van der Waals surface area contributed by atoms with Gasteiger partial charge in [0.25, 0.3) is 0 Å². The normalized spacial score (nSPS) is 28.1. The van der Waals surface area contributed by atoms with Gasteiger partial charge in [-0.15, -0.1) is 0 Å². The molecule has 1 aliphatic heterocycles. The Kier molecular flexibility index (Phi) is 7.28. The van der Waals surface area contributed by atoms with Gasteiger partial charge in [0.05, 0.1) is 16.1 Å². The van der Waals surface area contributed by atoms with Gasteiger partial charge in [-0.2, -0.15) is 0 Å². The van der Waals surface area contributed by atoms with E-state index in [1.54, 1.807) is 10.4 Å². The smallest absolute Gasteiger partial charge is 0.220 e. The van der Waals surface area contributed by atoms with Gasteiger partial charge in [-0.1, -0.05) is 118 Å². The number of nitrogens with zero attached hydrogens (tertiary/aromatic N) is 1. The fourth-order valence-electron chi connectivity index (χ4n) is 10.7. The Labute approximate surface area is 247 Å². The molecule has 0 unspecified atom stereocenters. The number of ether oxygens (including phenoxy) is 2. The maximum Gasteiger partial charge on any atom is 0.220 e. The van der Waals surface area contributed by atoms with Crippen molar-refractivity contribution in [3.8, 4) is 0 Å². The molecule has 1 heterocycles. The zero-order valence-corrected chi connectivity index (χ0v) is 29.8. The van der Waals surface area contributed by atoms with E-state index in [0.717, 1.165) is 0 Å². The molecule has 5 aliphatic rings. The summed E-state index contributed by atoms with van der Waals surface area (Å²) in [4.78, 5) is 2.11. The number of hydrogen-bond acceptors (Lipinski definition) is 3. The van der Waals surface area contributed by atoms with E-state index in [-0.39, 0.29) is 6.41 Å². The van der Waals surface area contributed by atoms with Crippen molar-refractivity contribution >= 4 is 16.1 Å². The third-order valence-electron chi connectivity index (χ3n) is 11.6. The molecule has 220 valence electrons. The van der Waals surface area contributed by atoms with Crippen LogP contribution in [0.4, 0.5) is 0 Å². The molecule has 4 aliphatic carbocycles. The van der Waals surface area contributed by atoms with Crippen LogP contribution in [-0.4, -0.2) is 52.8 Å². The van der Waals surface area contributed by atoms with Gasteiger partial charge in [0, 0.05) is 0 Å². The van der Waals surface area contributed by atoms with Crippen LogP contribution in [0.25, 0.3) is 0 Å². The fourth-order valence-corrected chi connectivity index (χ4v) is 24.7. The van der Waals surface area contributed by atoms with Crippen molar-refractivity contribution in [2.45, 2.75) is 134 Å². The van der Waals surface area contributed by atoms with Crippen LogP contribution in [0.15, 0.2) is 69.1 Å². The Morgan fingerprint density at radius 2 is 0.850 bits per heavy atom. The van der Waals surface area contributed by atoms with Gasteiger partial charge in [-0.25, -0.2) is 0 Å². The molecule has 3 nitrogen and oxygen atoms in total. The molecule has 1 saturated heterocycles. The largest absolute Gasteiger partial charge is 0.320 e. The van der Waals surface area contributed by atoms with Crippen molar-refractivity contribution < 1.29 is 9.47 Å².